The van der Waals surface area contributed by atoms with Crippen molar-refractivity contribution in [2.75, 3.05) is 18.5 Å². The average Bonchev–Trinajstić information content (AvgIpc) is 2.46. The topological polar surface area (TPSA) is 28.2 Å². The van der Waals surface area contributed by atoms with Crippen molar-refractivity contribution in [1.82, 2.24) is 10.3 Å². The maximum atomic E-state index is 4.42. The Balaban J connectivity index is 2.20. The minimum atomic E-state index is 0.849. The van der Waals surface area contributed by atoms with E-state index in [1.54, 1.807) is 0 Å². The summed E-state index contributed by atoms with van der Waals surface area (Å²) in [5.74, 6) is 0. The largest absolute Gasteiger partial charge is 0.370 e. The van der Waals surface area contributed by atoms with Gasteiger partial charge in [-0.2, -0.15) is 0 Å². The third-order valence-electron chi connectivity index (χ3n) is 3.38. The molecule has 0 spiro atoms. The quantitative estimate of drug-likeness (QED) is 0.858. The zero-order valence-corrected chi connectivity index (χ0v) is 14.4. The van der Waals surface area contributed by atoms with Crippen LogP contribution in [0.25, 0.3) is 0 Å². The Bertz CT molecular complexity index is 598. The van der Waals surface area contributed by atoms with Gasteiger partial charge in [0.2, 0.25) is 0 Å². The van der Waals surface area contributed by atoms with Crippen LogP contribution in [0, 0.1) is 6.92 Å². The highest BCUT2D eigenvalue weighted by molar-refractivity contribution is 9.10. The predicted molar refractivity (Wildman–Crippen MR) is 92.6 cm³/mol. The molecule has 0 aliphatic rings. The van der Waals surface area contributed by atoms with Crippen molar-refractivity contribution in [3.8, 4) is 0 Å². The third-order valence-corrected chi connectivity index (χ3v) is 3.88. The maximum Gasteiger partial charge on any atom is 0.0445 e. The van der Waals surface area contributed by atoms with Gasteiger partial charge in [0.25, 0.3) is 0 Å². The van der Waals surface area contributed by atoms with Gasteiger partial charge in [-0.3, -0.25) is 4.98 Å². The van der Waals surface area contributed by atoms with Crippen molar-refractivity contribution < 1.29 is 0 Å². The van der Waals surface area contributed by atoms with Gasteiger partial charge in [-0.15, -0.1) is 0 Å². The summed E-state index contributed by atoms with van der Waals surface area (Å²) in [6.07, 6.45) is 1.98. The van der Waals surface area contributed by atoms with E-state index in [2.05, 4.69) is 75.4 Å². The van der Waals surface area contributed by atoms with Gasteiger partial charge in [-0.05, 0) is 37.2 Å². The molecule has 0 bridgehead atoms. The molecule has 2 aromatic rings. The number of nitrogens with one attached hydrogen (secondary N) is 1. The molecule has 0 radical (unpaired) electrons. The monoisotopic (exact) mass is 347 g/mol. The van der Waals surface area contributed by atoms with Crippen LogP contribution in [0.1, 0.15) is 23.7 Å². The number of halogens is 1. The Hall–Kier alpha value is -1.39. The van der Waals surface area contributed by atoms with Crippen LogP contribution in [0.2, 0.25) is 0 Å². The summed E-state index contributed by atoms with van der Waals surface area (Å²) in [4.78, 5) is 6.70. The van der Waals surface area contributed by atoms with Crippen LogP contribution in [0.3, 0.4) is 0 Å². The molecule has 0 fully saturated rings. The minimum Gasteiger partial charge on any atom is -0.370 e. The van der Waals surface area contributed by atoms with Gasteiger partial charge in [-0.25, -0.2) is 0 Å². The minimum absolute atomic E-state index is 0.849. The van der Waals surface area contributed by atoms with Crippen LogP contribution in [0.4, 0.5) is 5.69 Å². The lowest BCUT2D eigenvalue weighted by Gasteiger charge is -2.23. The molecule has 0 aliphatic heterocycles. The second-order valence-corrected chi connectivity index (χ2v) is 6.14. The molecule has 3 nitrogen and oxygen atoms in total. The van der Waals surface area contributed by atoms with Gasteiger partial charge in [0, 0.05) is 47.8 Å². The summed E-state index contributed by atoms with van der Waals surface area (Å²) in [6, 6.07) is 10.6. The van der Waals surface area contributed by atoms with E-state index in [0.29, 0.717) is 0 Å². The summed E-state index contributed by atoms with van der Waals surface area (Å²) < 4.78 is 1.12. The highest BCUT2D eigenvalue weighted by Crippen LogP contribution is 2.22. The first-order valence-corrected chi connectivity index (χ1v) is 8.01. The molecule has 1 aromatic heterocycles. The zero-order chi connectivity index (χ0) is 15.2. The van der Waals surface area contributed by atoms with Crippen molar-refractivity contribution in [1.29, 1.82) is 0 Å². The molecule has 1 heterocycles. The SMILES string of the molecule is CCNCc1cnc(C)cc1N(C)Cc1cccc(Br)c1. The van der Waals surface area contributed by atoms with Gasteiger partial charge < -0.3 is 10.2 Å². The van der Waals surface area contributed by atoms with Crippen molar-refractivity contribution in [3.05, 3.63) is 57.8 Å². The molecule has 0 saturated carbocycles. The molecule has 2 rings (SSSR count). The van der Waals surface area contributed by atoms with Crippen molar-refractivity contribution in [2.24, 2.45) is 0 Å². The van der Waals surface area contributed by atoms with E-state index in [-0.39, 0.29) is 0 Å². The fraction of sp³-hybridized carbons (Fsp3) is 0.353. The molecule has 1 N–H and O–H groups in total. The maximum absolute atomic E-state index is 4.42. The molecule has 0 unspecified atom stereocenters. The average molecular weight is 348 g/mol. The first kappa shape index (κ1) is 16.0. The van der Waals surface area contributed by atoms with Crippen molar-refractivity contribution in [2.45, 2.75) is 26.9 Å². The summed E-state index contributed by atoms with van der Waals surface area (Å²) in [7, 11) is 2.13. The molecule has 0 saturated heterocycles. The number of aryl methyl sites for hydroxylation is 1. The van der Waals surface area contributed by atoms with Crippen molar-refractivity contribution >= 4 is 21.6 Å². The zero-order valence-electron chi connectivity index (χ0n) is 12.9. The molecule has 4 heteroatoms. The van der Waals surface area contributed by atoms with E-state index in [1.807, 2.05) is 13.1 Å². The van der Waals surface area contributed by atoms with Gasteiger partial charge >= 0.3 is 0 Å². The highest BCUT2D eigenvalue weighted by Gasteiger charge is 2.09. The third kappa shape index (κ3) is 4.55. The Morgan fingerprint density at radius 1 is 1.29 bits per heavy atom. The van der Waals surface area contributed by atoms with Crippen LogP contribution in [-0.2, 0) is 13.1 Å². The van der Waals surface area contributed by atoms with Gasteiger partial charge in [0.15, 0.2) is 0 Å². The molecule has 0 atom stereocenters. The van der Waals surface area contributed by atoms with E-state index in [9.17, 15) is 0 Å². The predicted octanol–water partition coefficient (Wildman–Crippen LogP) is 3.90. The van der Waals surface area contributed by atoms with E-state index in [0.717, 1.165) is 29.8 Å². The number of hydrogen-bond donors (Lipinski definition) is 1. The van der Waals surface area contributed by atoms with E-state index < -0.39 is 0 Å². The number of rotatable bonds is 6. The fourth-order valence-corrected chi connectivity index (χ4v) is 2.77. The van der Waals surface area contributed by atoms with Crippen LogP contribution < -0.4 is 10.2 Å². The number of aromatic nitrogens is 1. The second kappa shape index (κ2) is 7.57. The van der Waals surface area contributed by atoms with Crippen molar-refractivity contribution in [3.63, 3.8) is 0 Å². The van der Waals surface area contributed by atoms with Crippen LogP contribution >= 0.6 is 15.9 Å². The molecule has 0 aliphatic carbocycles. The van der Waals surface area contributed by atoms with E-state index in [1.165, 1.54) is 16.8 Å². The number of anilines is 1. The Kier molecular flexibility index (Phi) is 5.76. The summed E-state index contributed by atoms with van der Waals surface area (Å²) in [5, 5.41) is 3.38. The summed E-state index contributed by atoms with van der Waals surface area (Å²) in [6.45, 7) is 6.84. The number of benzene rings is 1. The van der Waals surface area contributed by atoms with Gasteiger partial charge in [0.1, 0.15) is 0 Å². The number of pyridine rings is 1. The standard InChI is InChI=1S/C17H22BrN3/c1-4-19-10-15-11-20-13(2)8-17(15)21(3)12-14-6-5-7-16(18)9-14/h5-9,11,19H,4,10,12H2,1-3H3. The first-order valence-electron chi connectivity index (χ1n) is 7.22. The van der Waals surface area contributed by atoms with Crippen LogP contribution in [0.15, 0.2) is 41.0 Å². The number of nitrogens with zero attached hydrogens (tertiary/aromatic N) is 2. The van der Waals surface area contributed by atoms with E-state index in [4.69, 9.17) is 0 Å². The van der Waals surface area contributed by atoms with Gasteiger partial charge in [0.05, 0.1) is 0 Å². The fourth-order valence-electron chi connectivity index (χ4n) is 2.32. The smallest absolute Gasteiger partial charge is 0.0445 e. The number of hydrogen-bond acceptors (Lipinski definition) is 3. The molecule has 21 heavy (non-hydrogen) atoms. The van der Waals surface area contributed by atoms with Crippen LogP contribution in [0.5, 0.6) is 0 Å². The lowest BCUT2D eigenvalue weighted by molar-refractivity contribution is 0.720. The molecule has 112 valence electrons. The highest BCUT2D eigenvalue weighted by atomic mass is 79.9. The summed E-state index contributed by atoms with van der Waals surface area (Å²) in [5.41, 5.74) is 4.81. The van der Waals surface area contributed by atoms with Gasteiger partial charge in [-0.1, -0.05) is 35.0 Å². The Labute approximate surface area is 135 Å². The Morgan fingerprint density at radius 3 is 2.81 bits per heavy atom. The van der Waals surface area contributed by atoms with E-state index >= 15 is 0 Å². The lowest BCUT2D eigenvalue weighted by Crippen LogP contribution is -2.21. The summed E-state index contributed by atoms with van der Waals surface area (Å²) >= 11 is 3.53. The second-order valence-electron chi connectivity index (χ2n) is 5.22. The molecule has 1 aromatic carbocycles. The molecule has 0 amide bonds. The Morgan fingerprint density at radius 2 is 2.10 bits per heavy atom. The van der Waals surface area contributed by atoms with Crippen LogP contribution in [-0.4, -0.2) is 18.6 Å². The molecular weight excluding hydrogens is 326 g/mol. The lowest BCUT2D eigenvalue weighted by atomic mass is 10.1. The molecular formula is C17H22BrN3. The first-order chi connectivity index (χ1) is 10.1. The normalized spacial score (nSPS) is 10.7.